The molecule has 3 heterocycles. The molecule has 0 atom stereocenters. The highest BCUT2D eigenvalue weighted by Crippen LogP contribution is 2.22. The maximum absolute atomic E-state index is 12.9. The van der Waals surface area contributed by atoms with Crippen molar-refractivity contribution < 1.29 is 14.3 Å². The minimum absolute atomic E-state index is 0.0445. The Labute approximate surface area is 192 Å². The number of imidazole rings is 1. The van der Waals surface area contributed by atoms with Crippen molar-refractivity contribution >= 4 is 28.9 Å². The number of aromatic nitrogens is 3. The molecule has 3 aromatic rings. The summed E-state index contributed by atoms with van der Waals surface area (Å²) in [6.07, 6.45) is 5.45. The Bertz CT molecular complexity index is 1210. The van der Waals surface area contributed by atoms with Gasteiger partial charge in [0.2, 0.25) is 5.95 Å². The summed E-state index contributed by atoms with van der Waals surface area (Å²) in [7, 11) is 1.63. The third kappa shape index (κ3) is 5.02. The van der Waals surface area contributed by atoms with Crippen molar-refractivity contribution in [3.63, 3.8) is 0 Å². The molecule has 33 heavy (non-hydrogen) atoms. The SMILES string of the molecule is COCCCn1c(NC(=O)c2cccc(C#N)c2)nc2cc(C(=O)N3CCCCC3)cnc21. The largest absolute Gasteiger partial charge is 0.385 e. The zero-order chi connectivity index (χ0) is 23.2. The van der Waals surface area contributed by atoms with E-state index in [1.165, 1.54) is 6.07 Å². The Hall–Kier alpha value is -3.77. The highest BCUT2D eigenvalue weighted by atomic mass is 16.5. The molecule has 9 nitrogen and oxygen atoms in total. The highest BCUT2D eigenvalue weighted by molar-refractivity contribution is 6.04. The standard InChI is InChI=1S/C24H26N6O3/c1-33-12-6-11-30-21-20(14-19(16-26-21)23(32)29-9-3-2-4-10-29)27-24(30)28-22(31)18-8-5-7-17(13-18)15-25/h5,7-8,13-14,16H,2-4,6,9-12H2,1H3,(H,27,28,31). The fourth-order valence-corrected chi connectivity index (χ4v) is 3.99. The number of aryl methyl sites for hydroxylation is 1. The number of nitrogens with one attached hydrogen (secondary N) is 1. The molecule has 1 N–H and O–H groups in total. The van der Waals surface area contributed by atoms with Gasteiger partial charge in [0.15, 0.2) is 5.65 Å². The van der Waals surface area contributed by atoms with Crippen LogP contribution in [0.2, 0.25) is 0 Å². The lowest BCUT2D eigenvalue weighted by molar-refractivity contribution is 0.0724. The van der Waals surface area contributed by atoms with E-state index < -0.39 is 0 Å². The molecule has 1 aliphatic rings. The van der Waals surface area contributed by atoms with E-state index in [-0.39, 0.29) is 11.8 Å². The predicted molar refractivity (Wildman–Crippen MR) is 123 cm³/mol. The Morgan fingerprint density at radius 3 is 2.76 bits per heavy atom. The van der Waals surface area contributed by atoms with Gasteiger partial charge in [0, 0.05) is 45.1 Å². The molecule has 0 bridgehead atoms. The number of rotatable bonds is 7. The van der Waals surface area contributed by atoms with Crippen LogP contribution in [-0.4, -0.2) is 58.1 Å². The summed E-state index contributed by atoms with van der Waals surface area (Å²) >= 11 is 0. The molecular weight excluding hydrogens is 420 g/mol. The molecule has 1 fully saturated rings. The molecule has 4 rings (SSSR count). The summed E-state index contributed by atoms with van der Waals surface area (Å²) in [5, 5.41) is 11.9. The number of anilines is 1. The second-order valence-corrected chi connectivity index (χ2v) is 8.00. The molecule has 2 amide bonds. The van der Waals surface area contributed by atoms with Crippen LogP contribution in [0.15, 0.2) is 36.5 Å². The molecule has 9 heteroatoms. The molecule has 1 aliphatic heterocycles. The number of nitriles is 1. The molecule has 0 radical (unpaired) electrons. The van der Waals surface area contributed by atoms with Gasteiger partial charge in [0.25, 0.3) is 11.8 Å². The van der Waals surface area contributed by atoms with E-state index >= 15 is 0 Å². The number of carbonyl (C=O) groups excluding carboxylic acids is 2. The highest BCUT2D eigenvalue weighted by Gasteiger charge is 2.21. The Morgan fingerprint density at radius 1 is 1.18 bits per heavy atom. The first-order valence-electron chi connectivity index (χ1n) is 11.1. The third-order valence-electron chi connectivity index (χ3n) is 5.68. The zero-order valence-corrected chi connectivity index (χ0v) is 18.6. The van der Waals surface area contributed by atoms with Crippen LogP contribution in [0, 0.1) is 11.3 Å². The van der Waals surface area contributed by atoms with Crippen LogP contribution in [0.3, 0.4) is 0 Å². The van der Waals surface area contributed by atoms with Gasteiger partial charge in [-0.1, -0.05) is 6.07 Å². The summed E-state index contributed by atoms with van der Waals surface area (Å²) in [6.45, 7) is 2.59. The second-order valence-electron chi connectivity index (χ2n) is 8.00. The molecule has 0 unspecified atom stereocenters. The van der Waals surface area contributed by atoms with Crippen molar-refractivity contribution in [2.45, 2.75) is 32.2 Å². The first-order valence-corrected chi connectivity index (χ1v) is 11.1. The number of piperidine rings is 1. The third-order valence-corrected chi connectivity index (χ3v) is 5.68. The summed E-state index contributed by atoms with van der Waals surface area (Å²) in [4.78, 5) is 36.7. The molecule has 0 aliphatic carbocycles. The quantitative estimate of drug-likeness (QED) is 0.558. The van der Waals surface area contributed by atoms with Crippen LogP contribution < -0.4 is 5.32 Å². The fraction of sp³-hybridized carbons (Fsp3) is 0.375. The number of methoxy groups -OCH3 is 1. The molecule has 1 aromatic carbocycles. The van der Waals surface area contributed by atoms with E-state index in [9.17, 15) is 9.59 Å². The number of amides is 2. The average Bonchev–Trinajstić information content (AvgIpc) is 3.20. The number of benzene rings is 1. The first kappa shape index (κ1) is 22.4. The summed E-state index contributed by atoms with van der Waals surface area (Å²) < 4.78 is 6.98. The van der Waals surface area contributed by atoms with E-state index in [0.29, 0.717) is 53.4 Å². The lowest BCUT2D eigenvalue weighted by Crippen LogP contribution is -2.35. The van der Waals surface area contributed by atoms with Gasteiger partial charge in [0.05, 0.1) is 17.2 Å². The van der Waals surface area contributed by atoms with Crippen LogP contribution in [0.5, 0.6) is 0 Å². The molecule has 0 spiro atoms. The second kappa shape index (κ2) is 10.2. The molecule has 1 saturated heterocycles. The van der Waals surface area contributed by atoms with Crippen molar-refractivity contribution in [3.05, 3.63) is 53.2 Å². The van der Waals surface area contributed by atoms with Gasteiger partial charge in [-0.2, -0.15) is 5.26 Å². The number of fused-ring (bicyclic) bond motifs is 1. The number of pyridine rings is 1. The van der Waals surface area contributed by atoms with E-state index in [0.717, 1.165) is 32.4 Å². The summed E-state index contributed by atoms with van der Waals surface area (Å²) in [5.41, 5.74) is 2.38. The number of hydrogen-bond acceptors (Lipinski definition) is 6. The monoisotopic (exact) mass is 446 g/mol. The van der Waals surface area contributed by atoms with Gasteiger partial charge in [0.1, 0.15) is 5.52 Å². The lowest BCUT2D eigenvalue weighted by Gasteiger charge is -2.26. The summed E-state index contributed by atoms with van der Waals surface area (Å²) in [5.74, 6) is -0.0829. The smallest absolute Gasteiger partial charge is 0.258 e. The normalized spacial score (nSPS) is 13.6. The van der Waals surface area contributed by atoms with Gasteiger partial charge in [-0.15, -0.1) is 0 Å². The maximum atomic E-state index is 12.9. The van der Waals surface area contributed by atoms with Crippen LogP contribution >= 0.6 is 0 Å². The fourth-order valence-electron chi connectivity index (χ4n) is 3.99. The van der Waals surface area contributed by atoms with Gasteiger partial charge in [-0.3, -0.25) is 19.5 Å². The Morgan fingerprint density at radius 2 is 2.00 bits per heavy atom. The lowest BCUT2D eigenvalue weighted by atomic mass is 10.1. The Balaban J connectivity index is 1.64. The van der Waals surface area contributed by atoms with Crippen LogP contribution in [-0.2, 0) is 11.3 Å². The van der Waals surface area contributed by atoms with Gasteiger partial charge >= 0.3 is 0 Å². The van der Waals surface area contributed by atoms with E-state index in [4.69, 9.17) is 10.00 Å². The van der Waals surface area contributed by atoms with Crippen LogP contribution in [0.4, 0.5) is 5.95 Å². The summed E-state index contributed by atoms with van der Waals surface area (Å²) in [6, 6.07) is 10.2. The minimum Gasteiger partial charge on any atom is -0.385 e. The van der Waals surface area contributed by atoms with Crippen molar-refractivity contribution in [2.24, 2.45) is 0 Å². The van der Waals surface area contributed by atoms with E-state index in [1.807, 2.05) is 15.5 Å². The number of hydrogen-bond donors (Lipinski definition) is 1. The molecular formula is C24H26N6O3. The topological polar surface area (TPSA) is 113 Å². The number of carbonyl (C=O) groups is 2. The predicted octanol–water partition coefficient (Wildman–Crippen LogP) is 3.22. The van der Waals surface area contributed by atoms with Gasteiger partial charge in [-0.05, 0) is 49.9 Å². The average molecular weight is 447 g/mol. The van der Waals surface area contributed by atoms with E-state index in [2.05, 4.69) is 15.3 Å². The van der Waals surface area contributed by atoms with Crippen molar-refractivity contribution in [1.29, 1.82) is 5.26 Å². The molecule has 0 saturated carbocycles. The Kier molecular flexibility index (Phi) is 6.95. The van der Waals surface area contributed by atoms with Gasteiger partial charge in [-0.25, -0.2) is 9.97 Å². The van der Waals surface area contributed by atoms with Crippen molar-refractivity contribution in [1.82, 2.24) is 19.4 Å². The molecule has 2 aromatic heterocycles. The zero-order valence-electron chi connectivity index (χ0n) is 18.6. The van der Waals surface area contributed by atoms with Crippen LogP contribution in [0.25, 0.3) is 11.2 Å². The van der Waals surface area contributed by atoms with E-state index in [1.54, 1.807) is 37.6 Å². The molecule has 170 valence electrons. The van der Waals surface area contributed by atoms with Crippen molar-refractivity contribution in [2.75, 3.05) is 32.1 Å². The van der Waals surface area contributed by atoms with Gasteiger partial charge < -0.3 is 9.64 Å². The van der Waals surface area contributed by atoms with Crippen molar-refractivity contribution in [3.8, 4) is 6.07 Å². The number of nitrogens with zero attached hydrogens (tertiary/aromatic N) is 5. The van der Waals surface area contributed by atoms with Crippen LogP contribution in [0.1, 0.15) is 52.0 Å². The number of ether oxygens (including phenoxy) is 1. The first-order chi connectivity index (χ1) is 16.1. The maximum Gasteiger partial charge on any atom is 0.258 e. The minimum atomic E-state index is -0.375. The number of likely N-dealkylation sites (tertiary alicyclic amines) is 1.